The molecule has 0 radical (unpaired) electrons. The number of carbonyl (C=O) groups excluding carboxylic acids is 2. The molecule has 0 atom stereocenters. The summed E-state index contributed by atoms with van der Waals surface area (Å²) in [6, 6.07) is 15.4. The number of hydrogen-bond donors (Lipinski definition) is 2. The molecule has 0 unspecified atom stereocenters. The summed E-state index contributed by atoms with van der Waals surface area (Å²) < 4.78 is 10.9. The number of nitrogens with one attached hydrogen (secondary N) is 2. The molecule has 2 amide bonds. The van der Waals surface area contributed by atoms with E-state index in [2.05, 4.69) is 15.6 Å². The molecular formula is C23H21N3O4S. The van der Waals surface area contributed by atoms with E-state index in [-0.39, 0.29) is 18.4 Å². The third-order valence-electron chi connectivity index (χ3n) is 5.74. The Morgan fingerprint density at radius 2 is 1.94 bits per heavy atom. The predicted molar refractivity (Wildman–Crippen MR) is 118 cm³/mol. The second kappa shape index (κ2) is 8.13. The van der Waals surface area contributed by atoms with Gasteiger partial charge in [-0.15, -0.1) is 11.3 Å². The van der Waals surface area contributed by atoms with E-state index in [1.54, 1.807) is 0 Å². The monoisotopic (exact) mass is 435 g/mol. The van der Waals surface area contributed by atoms with Gasteiger partial charge in [-0.1, -0.05) is 30.3 Å². The zero-order chi connectivity index (χ0) is 21.3. The van der Waals surface area contributed by atoms with E-state index in [1.165, 1.54) is 11.3 Å². The number of benzene rings is 2. The highest BCUT2D eigenvalue weighted by molar-refractivity contribution is 7.14. The minimum absolute atomic E-state index is 0.0213. The Hall–Kier alpha value is -3.23. The molecule has 0 aliphatic carbocycles. The summed E-state index contributed by atoms with van der Waals surface area (Å²) in [6.45, 7) is 1.12. The fourth-order valence-electron chi connectivity index (χ4n) is 4.05. The van der Waals surface area contributed by atoms with E-state index in [1.807, 2.05) is 53.9 Å². The highest BCUT2D eigenvalue weighted by Crippen LogP contribution is 2.37. The summed E-state index contributed by atoms with van der Waals surface area (Å²) in [6.07, 6.45) is 1.26. The van der Waals surface area contributed by atoms with Crippen LogP contribution in [0.5, 0.6) is 5.75 Å². The maximum atomic E-state index is 13.4. The van der Waals surface area contributed by atoms with Gasteiger partial charge in [0.2, 0.25) is 5.91 Å². The number of rotatable bonds is 4. The van der Waals surface area contributed by atoms with Gasteiger partial charge in [-0.2, -0.15) is 0 Å². The Morgan fingerprint density at radius 3 is 2.74 bits per heavy atom. The number of fused-ring (bicyclic) bond motifs is 1. The van der Waals surface area contributed by atoms with E-state index < -0.39 is 5.41 Å². The lowest BCUT2D eigenvalue weighted by molar-refractivity contribution is -0.125. The van der Waals surface area contributed by atoms with Crippen molar-refractivity contribution in [3.63, 3.8) is 0 Å². The van der Waals surface area contributed by atoms with Crippen LogP contribution in [0.2, 0.25) is 0 Å². The smallest absolute Gasteiger partial charge is 0.262 e. The summed E-state index contributed by atoms with van der Waals surface area (Å²) in [5.41, 5.74) is 2.56. The van der Waals surface area contributed by atoms with Gasteiger partial charge in [-0.25, -0.2) is 4.98 Å². The van der Waals surface area contributed by atoms with Crippen molar-refractivity contribution >= 4 is 34.0 Å². The summed E-state index contributed by atoms with van der Waals surface area (Å²) in [5, 5.41) is 8.27. The Labute approximate surface area is 183 Å². The Bertz CT molecular complexity index is 1120. The average Bonchev–Trinajstić information content (AvgIpc) is 3.28. The molecule has 0 saturated carbocycles. The van der Waals surface area contributed by atoms with Crippen LogP contribution in [0, 0.1) is 0 Å². The second-order valence-electron chi connectivity index (χ2n) is 7.60. The largest absolute Gasteiger partial charge is 0.482 e. The SMILES string of the molecule is O=C1COc2ccc(-c3csc(NC(=O)C4(c5ccccc5)CCOCC4)n3)cc2N1. The maximum Gasteiger partial charge on any atom is 0.262 e. The number of nitrogens with zero attached hydrogens (tertiary/aromatic N) is 1. The molecule has 2 N–H and O–H groups in total. The van der Waals surface area contributed by atoms with Crippen molar-refractivity contribution in [2.75, 3.05) is 30.5 Å². The normalized spacial score (nSPS) is 17.2. The van der Waals surface area contributed by atoms with E-state index in [4.69, 9.17) is 9.47 Å². The standard InChI is InChI=1S/C23H21N3O4S/c27-20-13-30-19-7-6-15(12-17(19)24-20)18-14-31-22(25-18)26-21(28)23(8-10-29-11-9-23)16-4-2-1-3-5-16/h1-7,12,14H,8-11,13H2,(H,24,27)(H,25,26,28). The first kappa shape index (κ1) is 19.7. The lowest BCUT2D eigenvalue weighted by Gasteiger charge is -2.35. The molecule has 2 aromatic carbocycles. The molecule has 1 fully saturated rings. The van der Waals surface area contributed by atoms with Gasteiger partial charge in [0.15, 0.2) is 11.7 Å². The number of carbonyl (C=O) groups is 2. The molecule has 2 aliphatic rings. The van der Waals surface area contributed by atoms with Crippen molar-refractivity contribution in [1.29, 1.82) is 0 Å². The number of amides is 2. The first-order valence-electron chi connectivity index (χ1n) is 10.1. The Balaban J connectivity index is 1.38. The van der Waals surface area contributed by atoms with Gasteiger partial charge < -0.3 is 20.1 Å². The summed E-state index contributed by atoms with van der Waals surface area (Å²) in [5.74, 6) is 0.393. The molecule has 3 heterocycles. The highest BCUT2D eigenvalue weighted by atomic mass is 32.1. The van der Waals surface area contributed by atoms with E-state index in [0.29, 0.717) is 42.6 Å². The fourth-order valence-corrected chi connectivity index (χ4v) is 4.76. The fraction of sp³-hybridized carbons (Fsp3) is 0.261. The van der Waals surface area contributed by atoms with Crippen LogP contribution in [-0.4, -0.2) is 36.6 Å². The zero-order valence-corrected chi connectivity index (χ0v) is 17.5. The highest BCUT2D eigenvalue weighted by Gasteiger charge is 2.42. The van der Waals surface area contributed by atoms with Gasteiger partial charge in [-0.3, -0.25) is 9.59 Å². The van der Waals surface area contributed by atoms with E-state index in [9.17, 15) is 9.59 Å². The van der Waals surface area contributed by atoms with Gasteiger partial charge in [0.05, 0.1) is 16.8 Å². The Kier molecular flexibility index (Phi) is 5.17. The molecule has 2 aliphatic heterocycles. The van der Waals surface area contributed by atoms with Crippen molar-refractivity contribution in [3.05, 3.63) is 59.5 Å². The van der Waals surface area contributed by atoms with E-state index in [0.717, 1.165) is 16.8 Å². The van der Waals surface area contributed by atoms with Crippen molar-refractivity contribution in [3.8, 4) is 17.0 Å². The number of aromatic nitrogens is 1. The summed E-state index contributed by atoms with van der Waals surface area (Å²) in [4.78, 5) is 29.6. The third-order valence-corrected chi connectivity index (χ3v) is 6.50. The molecule has 5 rings (SSSR count). The molecule has 1 aromatic heterocycles. The van der Waals surface area contributed by atoms with Crippen LogP contribution in [0.3, 0.4) is 0 Å². The minimum atomic E-state index is -0.626. The topological polar surface area (TPSA) is 89.5 Å². The first-order valence-corrected chi connectivity index (χ1v) is 11.0. The number of thiazole rings is 1. The third kappa shape index (κ3) is 3.80. The van der Waals surface area contributed by atoms with Crippen LogP contribution < -0.4 is 15.4 Å². The van der Waals surface area contributed by atoms with Crippen LogP contribution in [0.1, 0.15) is 18.4 Å². The van der Waals surface area contributed by atoms with Gasteiger partial charge in [0.1, 0.15) is 5.75 Å². The van der Waals surface area contributed by atoms with Crippen molar-refractivity contribution < 1.29 is 19.1 Å². The van der Waals surface area contributed by atoms with Gasteiger partial charge in [-0.05, 0) is 36.6 Å². The average molecular weight is 436 g/mol. The second-order valence-corrected chi connectivity index (χ2v) is 8.46. The first-order chi connectivity index (χ1) is 15.1. The summed E-state index contributed by atoms with van der Waals surface area (Å²) >= 11 is 1.38. The number of hydrogen-bond acceptors (Lipinski definition) is 6. The molecule has 158 valence electrons. The molecule has 0 spiro atoms. The van der Waals surface area contributed by atoms with Crippen LogP contribution in [0.4, 0.5) is 10.8 Å². The van der Waals surface area contributed by atoms with Gasteiger partial charge in [0, 0.05) is 24.2 Å². The van der Waals surface area contributed by atoms with Crippen LogP contribution in [0.25, 0.3) is 11.3 Å². The van der Waals surface area contributed by atoms with Crippen LogP contribution in [-0.2, 0) is 19.7 Å². The molecule has 3 aromatic rings. The predicted octanol–water partition coefficient (Wildman–Crippen LogP) is 3.83. The molecule has 0 bridgehead atoms. The number of anilines is 2. The molecule has 31 heavy (non-hydrogen) atoms. The van der Waals surface area contributed by atoms with Gasteiger partial charge >= 0.3 is 0 Å². The molecular weight excluding hydrogens is 414 g/mol. The van der Waals surface area contributed by atoms with Crippen molar-refractivity contribution in [2.24, 2.45) is 0 Å². The minimum Gasteiger partial charge on any atom is -0.482 e. The molecule has 7 nitrogen and oxygen atoms in total. The van der Waals surface area contributed by atoms with Crippen LogP contribution in [0.15, 0.2) is 53.9 Å². The Morgan fingerprint density at radius 1 is 1.13 bits per heavy atom. The van der Waals surface area contributed by atoms with Crippen molar-refractivity contribution in [1.82, 2.24) is 4.98 Å². The lowest BCUT2D eigenvalue weighted by Crippen LogP contribution is -2.44. The van der Waals surface area contributed by atoms with Crippen LogP contribution >= 0.6 is 11.3 Å². The molecule has 1 saturated heterocycles. The van der Waals surface area contributed by atoms with Crippen molar-refractivity contribution in [2.45, 2.75) is 18.3 Å². The van der Waals surface area contributed by atoms with E-state index >= 15 is 0 Å². The quantitative estimate of drug-likeness (QED) is 0.650. The summed E-state index contributed by atoms with van der Waals surface area (Å²) in [7, 11) is 0. The molecule has 8 heteroatoms. The number of ether oxygens (including phenoxy) is 2. The lowest BCUT2D eigenvalue weighted by atomic mass is 9.73. The van der Waals surface area contributed by atoms with Gasteiger partial charge in [0.25, 0.3) is 5.91 Å². The zero-order valence-electron chi connectivity index (χ0n) is 16.7. The maximum absolute atomic E-state index is 13.4.